The summed E-state index contributed by atoms with van der Waals surface area (Å²) in [6.07, 6.45) is 4.49. The number of aromatic nitrogens is 2. The number of anilines is 2. The van der Waals surface area contributed by atoms with Gasteiger partial charge in [-0.25, -0.2) is 13.1 Å². The molecule has 7 nitrogen and oxygen atoms in total. The molecule has 1 aromatic heterocycles. The van der Waals surface area contributed by atoms with Crippen molar-refractivity contribution in [1.29, 1.82) is 0 Å². The van der Waals surface area contributed by atoms with Crippen molar-refractivity contribution in [3.05, 3.63) is 71.0 Å². The van der Waals surface area contributed by atoms with Gasteiger partial charge in [0.1, 0.15) is 6.54 Å². The number of para-hydroxylation sites is 3. The number of sulfonamides is 1. The summed E-state index contributed by atoms with van der Waals surface area (Å²) in [5, 5.41) is 7.01. The molecule has 0 spiro atoms. The molecule has 0 atom stereocenters. The van der Waals surface area contributed by atoms with Gasteiger partial charge in [-0.2, -0.15) is 5.10 Å². The van der Waals surface area contributed by atoms with Crippen LogP contribution in [0.4, 0.5) is 11.4 Å². The maximum Gasteiger partial charge on any atom is 0.245 e. The highest BCUT2D eigenvalue weighted by molar-refractivity contribution is 9.10. The van der Waals surface area contributed by atoms with Gasteiger partial charge in [-0.3, -0.25) is 9.10 Å². The van der Waals surface area contributed by atoms with E-state index >= 15 is 0 Å². The molecule has 28 heavy (non-hydrogen) atoms. The van der Waals surface area contributed by atoms with Crippen molar-refractivity contribution >= 4 is 43.2 Å². The number of nitrogens with one attached hydrogen (secondary N) is 1. The third kappa shape index (κ3) is 4.60. The number of amides is 1. The molecular formula is C19H19BrN4O3S. The van der Waals surface area contributed by atoms with Crippen LogP contribution in [0.1, 0.15) is 5.56 Å². The first-order valence-electron chi connectivity index (χ1n) is 8.38. The van der Waals surface area contributed by atoms with E-state index in [0.29, 0.717) is 17.1 Å². The largest absolute Gasteiger partial charge is 0.323 e. The van der Waals surface area contributed by atoms with E-state index in [1.165, 1.54) is 0 Å². The molecule has 0 aliphatic rings. The van der Waals surface area contributed by atoms with Gasteiger partial charge in [0.15, 0.2) is 0 Å². The Morgan fingerprint density at radius 3 is 2.50 bits per heavy atom. The molecule has 0 aliphatic heterocycles. The topological polar surface area (TPSA) is 84.3 Å². The van der Waals surface area contributed by atoms with Crippen LogP contribution in [-0.4, -0.2) is 36.9 Å². The fraction of sp³-hybridized carbons (Fsp3) is 0.158. The fourth-order valence-electron chi connectivity index (χ4n) is 2.76. The van der Waals surface area contributed by atoms with Crippen molar-refractivity contribution in [3.63, 3.8) is 0 Å². The van der Waals surface area contributed by atoms with Gasteiger partial charge in [-0.05, 0) is 46.6 Å². The van der Waals surface area contributed by atoms with Crippen LogP contribution < -0.4 is 9.62 Å². The lowest BCUT2D eigenvalue weighted by Crippen LogP contribution is -2.38. The molecule has 9 heteroatoms. The average molecular weight is 463 g/mol. The Kier molecular flexibility index (Phi) is 5.85. The lowest BCUT2D eigenvalue weighted by atomic mass is 10.2. The van der Waals surface area contributed by atoms with E-state index in [-0.39, 0.29) is 6.54 Å². The Morgan fingerprint density at radius 2 is 1.86 bits per heavy atom. The first-order chi connectivity index (χ1) is 13.3. The van der Waals surface area contributed by atoms with Crippen molar-refractivity contribution in [1.82, 2.24) is 9.78 Å². The second-order valence-electron chi connectivity index (χ2n) is 6.22. The molecule has 0 bridgehead atoms. The van der Waals surface area contributed by atoms with Crippen molar-refractivity contribution in [2.45, 2.75) is 6.92 Å². The number of rotatable bonds is 6. The molecule has 1 N–H and O–H groups in total. The third-order valence-corrected chi connectivity index (χ3v) is 5.58. The number of halogens is 1. The fourth-order valence-corrected chi connectivity index (χ4v) is 3.96. The van der Waals surface area contributed by atoms with Gasteiger partial charge in [-0.15, -0.1) is 0 Å². The average Bonchev–Trinajstić information content (AvgIpc) is 3.06. The molecule has 0 fully saturated rings. The number of hydrogen-bond donors (Lipinski definition) is 1. The molecular weight excluding hydrogens is 444 g/mol. The zero-order chi connectivity index (χ0) is 20.3. The summed E-state index contributed by atoms with van der Waals surface area (Å²) in [4.78, 5) is 12.7. The molecule has 0 saturated heterocycles. The standard InChI is InChI=1S/C19H19BrN4O3S/c1-14-7-3-5-9-17(14)24(28(2,26)27)13-19(25)22-16-8-4-6-10-18(16)23-12-15(20)11-21-23/h3-12H,13H2,1-2H3,(H,22,25). The summed E-state index contributed by atoms with van der Waals surface area (Å²) < 4.78 is 28.1. The molecule has 0 radical (unpaired) electrons. The third-order valence-electron chi connectivity index (χ3n) is 4.05. The molecule has 0 aliphatic carbocycles. The molecule has 0 saturated carbocycles. The maximum atomic E-state index is 12.7. The van der Waals surface area contributed by atoms with Gasteiger partial charge in [-0.1, -0.05) is 30.3 Å². The van der Waals surface area contributed by atoms with Crippen LogP contribution in [-0.2, 0) is 14.8 Å². The smallest absolute Gasteiger partial charge is 0.245 e. The predicted octanol–water partition coefficient (Wildman–Crippen LogP) is 3.35. The van der Waals surface area contributed by atoms with Crippen LogP contribution in [0, 0.1) is 6.92 Å². The number of benzene rings is 2. The van der Waals surface area contributed by atoms with E-state index in [4.69, 9.17) is 0 Å². The summed E-state index contributed by atoms with van der Waals surface area (Å²) in [6, 6.07) is 14.2. The quantitative estimate of drug-likeness (QED) is 0.608. The number of carbonyl (C=O) groups excluding carboxylic acids is 1. The van der Waals surface area contributed by atoms with E-state index < -0.39 is 15.9 Å². The highest BCUT2D eigenvalue weighted by Crippen LogP contribution is 2.24. The Morgan fingerprint density at radius 1 is 1.18 bits per heavy atom. The zero-order valence-corrected chi connectivity index (χ0v) is 17.7. The summed E-state index contributed by atoms with van der Waals surface area (Å²) in [5.41, 5.74) is 2.44. The van der Waals surface area contributed by atoms with E-state index in [1.807, 2.05) is 18.2 Å². The Labute approximate surface area is 172 Å². The van der Waals surface area contributed by atoms with Gasteiger partial charge in [0, 0.05) is 6.20 Å². The summed E-state index contributed by atoms with van der Waals surface area (Å²) >= 11 is 3.35. The van der Waals surface area contributed by atoms with E-state index in [9.17, 15) is 13.2 Å². The second-order valence-corrected chi connectivity index (χ2v) is 9.05. The highest BCUT2D eigenvalue weighted by Gasteiger charge is 2.22. The van der Waals surface area contributed by atoms with Crippen molar-refractivity contribution in [3.8, 4) is 5.69 Å². The SMILES string of the molecule is Cc1ccccc1N(CC(=O)Nc1ccccc1-n1cc(Br)cn1)S(C)(=O)=O. The van der Waals surface area contributed by atoms with Crippen LogP contribution in [0.25, 0.3) is 5.69 Å². The lowest BCUT2D eigenvalue weighted by molar-refractivity contribution is -0.114. The maximum absolute atomic E-state index is 12.7. The number of hydrogen-bond acceptors (Lipinski definition) is 4. The first-order valence-corrected chi connectivity index (χ1v) is 11.0. The Bertz CT molecular complexity index is 1110. The molecule has 0 unspecified atom stereocenters. The summed E-state index contributed by atoms with van der Waals surface area (Å²) in [5.74, 6) is -0.452. The summed E-state index contributed by atoms with van der Waals surface area (Å²) in [6.45, 7) is 1.47. The highest BCUT2D eigenvalue weighted by atomic mass is 79.9. The Hall–Kier alpha value is -2.65. The van der Waals surface area contributed by atoms with Crippen molar-refractivity contribution in [2.24, 2.45) is 0 Å². The molecule has 2 aromatic carbocycles. The van der Waals surface area contributed by atoms with Gasteiger partial charge >= 0.3 is 0 Å². The van der Waals surface area contributed by atoms with Crippen LogP contribution >= 0.6 is 15.9 Å². The Balaban J connectivity index is 1.86. The zero-order valence-electron chi connectivity index (χ0n) is 15.3. The molecule has 1 heterocycles. The van der Waals surface area contributed by atoms with Crippen molar-refractivity contribution < 1.29 is 13.2 Å². The normalized spacial score (nSPS) is 11.2. The van der Waals surface area contributed by atoms with Crippen LogP contribution in [0.2, 0.25) is 0 Å². The molecule has 146 valence electrons. The molecule has 3 rings (SSSR count). The summed E-state index contributed by atoms with van der Waals surface area (Å²) in [7, 11) is -3.64. The minimum absolute atomic E-state index is 0.333. The van der Waals surface area contributed by atoms with Gasteiger partial charge in [0.25, 0.3) is 0 Å². The van der Waals surface area contributed by atoms with E-state index in [0.717, 1.165) is 20.6 Å². The molecule has 3 aromatic rings. The lowest BCUT2D eigenvalue weighted by Gasteiger charge is -2.23. The first kappa shape index (κ1) is 20.1. The number of aryl methyl sites for hydroxylation is 1. The minimum atomic E-state index is -3.64. The van der Waals surface area contributed by atoms with Gasteiger partial charge in [0.2, 0.25) is 15.9 Å². The number of nitrogens with zero attached hydrogens (tertiary/aromatic N) is 3. The van der Waals surface area contributed by atoms with Gasteiger partial charge < -0.3 is 5.32 Å². The van der Waals surface area contributed by atoms with Crippen LogP contribution in [0.15, 0.2) is 65.4 Å². The molecule has 1 amide bonds. The monoisotopic (exact) mass is 462 g/mol. The van der Waals surface area contributed by atoms with Crippen LogP contribution in [0.5, 0.6) is 0 Å². The predicted molar refractivity (Wildman–Crippen MR) is 113 cm³/mol. The van der Waals surface area contributed by atoms with Crippen LogP contribution in [0.3, 0.4) is 0 Å². The minimum Gasteiger partial charge on any atom is -0.323 e. The van der Waals surface area contributed by atoms with Gasteiger partial charge in [0.05, 0.1) is 34.0 Å². The van der Waals surface area contributed by atoms with Crippen molar-refractivity contribution in [2.75, 3.05) is 22.4 Å². The van der Waals surface area contributed by atoms with E-state index in [1.54, 1.807) is 54.3 Å². The van der Waals surface area contributed by atoms with E-state index in [2.05, 4.69) is 26.3 Å². The number of carbonyl (C=O) groups is 1. The second kappa shape index (κ2) is 8.15.